The third-order valence-corrected chi connectivity index (χ3v) is 4.09. The first-order valence-electron chi connectivity index (χ1n) is 6.96. The molecule has 7 nitrogen and oxygen atoms in total. The van der Waals surface area contributed by atoms with E-state index in [1.807, 2.05) is 11.8 Å². The van der Waals surface area contributed by atoms with Crippen LogP contribution in [-0.2, 0) is 4.74 Å². The number of hydrogen-bond donors (Lipinski definition) is 0. The number of ether oxygens (including phenoxy) is 1. The van der Waals surface area contributed by atoms with E-state index in [4.69, 9.17) is 0 Å². The van der Waals surface area contributed by atoms with Crippen LogP contribution in [0, 0.1) is 16.0 Å². The molecule has 1 aromatic rings. The molecule has 21 heavy (non-hydrogen) atoms. The predicted octanol–water partition coefficient (Wildman–Crippen LogP) is 2.40. The zero-order valence-corrected chi connectivity index (χ0v) is 12.4. The monoisotopic (exact) mass is 293 g/mol. The summed E-state index contributed by atoms with van der Waals surface area (Å²) >= 11 is 0. The van der Waals surface area contributed by atoms with Gasteiger partial charge in [0, 0.05) is 18.7 Å². The van der Waals surface area contributed by atoms with E-state index in [2.05, 4.69) is 16.6 Å². The van der Waals surface area contributed by atoms with E-state index >= 15 is 0 Å². The van der Waals surface area contributed by atoms with E-state index in [-0.39, 0.29) is 23.2 Å². The molecule has 0 aliphatic carbocycles. The van der Waals surface area contributed by atoms with Crippen molar-refractivity contribution in [1.82, 2.24) is 4.98 Å². The van der Waals surface area contributed by atoms with Gasteiger partial charge in [-0.25, -0.2) is 9.78 Å². The topological polar surface area (TPSA) is 85.6 Å². The fourth-order valence-corrected chi connectivity index (χ4v) is 2.65. The molecule has 114 valence electrons. The van der Waals surface area contributed by atoms with Crippen molar-refractivity contribution in [3.8, 4) is 0 Å². The average molecular weight is 293 g/mol. The van der Waals surface area contributed by atoms with Crippen LogP contribution in [0.2, 0.25) is 0 Å². The Morgan fingerprint density at radius 2 is 2.19 bits per heavy atom. The van der Waals surface area contributed by atoms with Gasteiger partial charge >= 0.3 is 11.7 Å². The number of hydrogen-bond acceptors (Lipinski definition) is 6. The van der Waals surface area contributed by atoms with Gasteiger partial charge in [0.2, 0.25) is 5.82 Å². The molecular formula is C14H19N3O4. The Kier molecular flexibility index (Phi) is 4.40. The van der Waals surface area contributed by atoms with E-state index in [0.717, 1.165) is 12.8 Å². The minimum atomic E-state index is -0.594. The second-order valence-electron chi connectivity index (χ2n) is 5.34. The summed E-state index contributed by atoms with van der Waals surface area (Å²) < 4.78 is 4.64. The minimum Gasteiger partial charge on any atom is -0.464 e. The first-order valence-corrected chi connectivity index (χ1v) is 6.96. The molecule has 2 rings (SSSR count). The third-order valence-electron chi connectivity index (χ3n) is 4.09. The van der Waals surface area contributed by atoms with Gasteiger partial charge in [-0.3, -0.25) is 10.1 Å². The van der Waals surface area contributed by atoms with Crippen molar-refractivity contribution in [2.45, 2.75) is 32.7 Å². The van der Waals surface area contributed by atoms with Gasteiger partial charge in [-0.2, -0.15) is 0 Å². The zero-order valence-electron chi connectivity index (χ0n) is 12.4. The van der Waals surface area contributed by atoms with Crippen molar-refractivity contribution in [2.24, 2.45) is 5.92 Å². The lowest BCUT2D eigenvalue weighted by molar-refractivity contribution is -0.384. The van der Waals surface area contributed by atoms with Crippen LogP contribution < -0.4 is 4.90 Å². The molecule has 1 aliphatic heterocycles. The van der Waals surface area contributed by atoms with Crippen LogP contribution in [0.5, 0.6) is 0 Å². The van der Waals surface area contributed by atoms with Crippen molar-refractivity contribution in [3.05, 3.63) is 27.9 Å². The van der Waals surface area contributed by atoms with Gasteiger partial charge in [-0.1, -0.05) is 6.92 Å². The number of methoxy groups -OCH3 is 1. The Labute approximate surface area is 123 Å². The number of rotatable bonds is 3. The van der Waals surface area contributed by atoms with Crippen molar-refractivity contribution in [1.29, 1.82) is 0 Å². The maximum atomic E-state index is 11.6. The summed E-state index contributed by atoms with van der Waals surface area (Å²) in [6.07, 6.45) is 2.04. The molecule has 0 saturated carbocycles. The summed E-state index contributed by atoms with van der Waals surface area (Å²) in [6, 6.07) is 2.78. The van der Waals surface area contributed by atoms with Crippen LogP contribution in [0.15, 0.2) is 12.1 Å². The number of aromatic nitrogens is 1. The van der Waals surface area contributed by atoms with Crippen LogP contribution in [0.4, 0.5) is 11.5 Å². The largest absolute Gasteiger partial charge is 0.464 e. The molecule has 0 amide bonds. The second kappa shape index (κ2) is 6.07. The molecular weight excluding hydrogens is 274 g/mol. The number of pyridine rings is 1. The Morgan fingerprint density at radius 3 is 2.81 bits per heavy atom. The summed E-state index contributed by atoms with van der Waals surface area (Å²) in [6.45, 7) is 4.84. The molecule has 0 spiro atoms. The second-order valence-corrected chi connectivity index (χ2v) is 5.34. The summed E-state index contributed by atoms with van der Waals surface area (Å²) in [5.74, 6) is 0.0766. The Balaban J connectivity index is 2.47. The summed E-state index contributed by atoms with van der Waals surface area (Å²) in [5.41, 5.74) is 0.00660. The number of anilines is 1. The normalized spacial score (nSPS) is 22.0. The fraction of sp³-hybridized carbons (Fsp3) is 0.571. The lowest BCUT2D eigenvalue weighted by Gasteiger charge is -2.38. The standard InChI is InChI=1S/C14H19N3O4/c1-9-5-4-8-16(10(9)2)13-12(17(19)20)7-6-11(15-13)14(18)21-3/h6-7,9-10H,4-5,8H2,1-3H3. The van der Waals surface area contributed by atoms with Crippen molar-refractivity contribution in [3.63, 3.8) is 0 Å². The first-order chi connectivity index (χ1) is 9.95. The van der Waals surface area contributed by atoms with Crippen LogP contribution in [0.3, 0.4) is 0 Å². The number of nitrogens with zero attached hydrogens (tertiary/aromatic N) is 3. The van der Waals surface area contributed by atoms with Crippen LogP contribution in [-0.4, -0.2) is 35.6 Å². The smallest absolute Gasteiger partial charge is 0.356 e. The highest BCUT2D eigenvalue weighted by Crippen LogP contribution is 2.33. The SMILES string of the molecule is COC(=O)c1ccc([N+](=O)[O-])c(N2CCCC(C)C2C)n1. The maximum Gasteiger partial charge on any atom is 0.356 e. The Hall–Kier alpha value is -2.18. The van der Waals surface area contributed by atoms with Crippen molar-refractivity contribution in [2.75, 3.05) is 18.6 Å². The number of carbonyl (C=O) groups is 1. The zero-order chi connectivity index (χ0) is 15.6. The third kappa shape index (κ3) is 2.96. The van der Waals surface area contributed by atoms with E-state index in [1.165, 1.54) is 19.2 Å². The number of esters is 1. The van der Waals surface area contributed by atoms with Crippen molar-refractivity contribution >= 4 is 17.5 Å². The predicted molar refractivity (Wildman–Crippen MR) is 77.4 cm³/mol. The molecule has 0 bridgehead atoms. The molecule has 0 aromatic carbocycles. The van der Waals surface area contributed by atoms with Crippen molar-refractivity contribution < 1.29 is 14.5 Å². The van der Waals surface area contributed by atoms with Gasteiger partial charge < -0.3 is 9.64 Å². The number of piperidine rings is 1. The molecule has 1 aromatic heterocycles. The average Bonchev–Trinajstić information content (AvgIpc) is 2.48. The molecule has 0 radical (unpaired) electrons. The molecule has 2 unspecified atom stereocenters. The Morgan fingerprint density at radius 1 is 1.48 bits per heavy atom. The minimum absolute atomic E-state index is 0.0800. The van der Waals surface area contributed by atoms with Crippen LogP contribution >= 0.6 is 0 Å². The molecule has 0 N–H and O–H groups in total. The molecule has 1 fully saturated rings. The van der Waals surface area contributed by atoms with E-state index in [9.17, 15) is 14.9 Å². The van der Waals surface area contributed by atoms with Gasteiger partial charge in [0.15, 0.2) is 5.69 Å². The Bertz CT molecular complexity index is 561. The molecule has 1 saturated heterocycles. The molecule has 7 heteroatoms. The van der Waals surface area contributed by atoms with Gasteiger partial charge in [0.1, 0.15) is 0 Å². The number of carbonyl (C=O) groups excluding carboxylic acids is 1. The van der Waals surface area contributed by atoms with Gasteiger partial charge in [-0.05, 0) is 31.7 Å². The van der Waals surface area contributed by atoms with Gasteiger partial charge in [0.05, 0.1) is 12.0 Å². The maximum absolute atomic E-state index is 11.6. The first kappa shape index (κ1) is 15.2. The molecule has 2 atom stereocenters. The van der Waals surface area contributed by atoms with E-state index < -0.39 is 10.9 Å². The van der Waals surface area contributed by atoms with E-state index in [1.54, 1.807) is 0 Å². The highest BCUT2D eigenvalue weighted by atomic mass is 16.6. The van der Waals surface area contributed by atoms with Gasteiger partial charge in [-0.15, -0.1) is 0 Å². The fourth-order valence-electron chi connectivity index (χ4n) is 2.65. The number of nitro groups is 1. The lowest BCUT2D eigenvalue weighted by Crippen LogP contribution is -2.43. The summed E-state index contributed by atoms with van der Waals surface area (Å²) in [4.78, 5) is 28.5. The van der Waals surface area contributed by atoms with E-state index in [0.29, 0.717) is 12.5 Å². The highest BCUT2D eigenvalue weighted by Gasteiger charge is 2.31. The summed E-state index contributed by atoms with van der Waals surface area (Å²) in [7, 11) is 1.26. The highest BCUT2D eigenvalue weighted by molar-refractivity contribution is 5.88. The van der Waals surface area contributed by atoms with Crippen LogP contribution in [0.25, 0.3) is 0 Å². The molecule has 2 heterocycles. The molecule has 1 aliphatic rings. The van der Waals surface area contributed by atoms with Gasteiger partial charge in [0.25, 0.3) is 0 Å². The summed E-state index contributed by atoms with van der Waals surface area (Å²) in [5, 5.41) is 11.2. The quantitative estimate of drug-likeness (QED) is 0.483. The lowest BCUT2D eigenvalue weighted by atomic mass is 9.92. The van der Waals surface area contributed by atoms with Crippen LogP contribution in [0.1, 0.15) is 37.2 Å².